The number of halogens is 2. The highest BCUT2D eigenvalue weighted by Gasteiger charge is 2.35. The molecule has 1 saturated heterocycles. The first-order chi connectivity index (χ1) is 11.5. The van der Waals surface area contributed by atoms with E-state index in [-0.39, 0.29) is 11.3 Å². The summed E-state index contributed by atoms with van der Waals surface area (Å²) < 4.78 is 11.6. The number of hydrogen-bond acceptors (Lipinski definition) is 4. The molecule has 3 rings (SSSR count). The van der Waals surface area contributed by atoms with Crippen LogP contribution in [-0.4, -0.2) is 25.9 Å². The van der Waals surface area contributed by atoms with Gasteiger partial charge < -0.3 is 9.47 Å². The minimum atomic E-state index is -0.146. The molecular weight excluding hydrogens is 414 g/mol. The fourth-order valence-electron chi connectivity index (χ4n) is 2.59. The summed E-state index contributed by atoms with van der Waals surface area (Å²) in [6.45, 7) is 0. The second-order valence-electron chi connectivity index (χ2n) is 5.13. The van der Waals surface area contributed by atoms with Crippen molar-refractivity contribution in [2.45, 2.75) is 5.37 Å². The molecule has 7 heteroatoms. The quantitative estimate of drug-likeness (QED) is 0.694. The van der Waals surface area contributed by atoms with Crippen molar-refractivity contribution in [3.8, 4) is 11.5 Å². The Morgan fingerprint density at radius 3 is 2.42 bits per heavy atom. The fraction of sp³-hybridized carbons (Fsp3) is 0.235. The molecule has 0 bridgehead atoms. The number of thioether (sulfide) groups is 1. The van der Waals surface area contributed by atoms with Crippen LogP contribution in [0.3, 0.4) is 0 Å². The van der Waals surface area contributed by atoms with Crippen molar-refractivity contribution in [2.24, 2.45) is 0 Å². The topological polar surface area (TPSA) is 38.8 Å². The van der Waals surface area contributed by atoms with E-state index < -0.39 is 0 Å². The van der Waals surface area contributed by atoms with Crippen LogP contribution in [0.1, 0.15) is 10.9 Å². The molecule has 126 valence electrons. The molecule has 0 spiro atoms. The number of hydrogen-bond donors (Lipinski definition) is 0. The van der Waals surface area contributed by atoms with Crippen LogP contribution >= 0.6 is 39.3 Å². The predicted octanol–water partition coefficient (Wildman–Crippen LogP) is 4.90. The van der Waals surface area contributed by atoms with Gasteiger partial charge in [-0.15, -0.1) is 11.8 Å². The highest BCUT2D eigenvalue weighted by atomic mass is 79.9. The Balaban J connectivity index is 2.04. The molecule has 1 fully saturated rings. The van der Waals surface area contributed by atoms with Crippen LogP contribution in [0.5, 0.6) is 11.5 Å². The maximum Gasteiger partial charge on any atom is 0.238 e. The highest BCUT2D eigenvalue weighted by Crippen LogP contribution is 2.46. The summed E-state index contributed by atoms with van der Waals surface area (Å²) in [7, 11) is 3.19. The minimum absolute atomic E-state index is 0.0639. The monoisotopic (exact) mass is 427 g/mol. The maximum atomic E-state index is 12.4. The van der Waals surface area contributed by atoms with Crippen molar-refractivity contribution in [2.75, 3.05) is 24.9 Å². The van der Waals surface area contributed by atoms with Gasteiger partial charge in [0, 0.05) is 20.7 Å². The molecule has 0 aliphatic carbocycles. The van der Waals surface area contributed by atoms with Crippen molar-refractivity contribution in [1.29, 1.82) is 0 Å². The molecule has 4 nitrogen and oxygen atoms in total. The summed E-state index contributed by atoms with van der Waals surface area (Å²) in [6.07, 6.45) is 0. The first kappa shape index (κ1) is 17.5. The third-order valence-electron chi connectivity index (χ3n) is 3.74. The lowest BCUT2D eigenvalue weighted by Crippen LogP contribution is -2.27. The number of anilines is 1. The minimum Gasteiger partial charge on any atom is -0.493 e. The number of carbonyl (C=O) groups excluding carboxylic acids is 1. The Morgan fingerprint density at radius 2 is 1.79 bits per heavy atom. The summed E-state index contributed by atoms with van der Waals surface area (Å²) in [5.74, 6) is 1.76. The largest absolute Gasteiger partial charge is 0.493 e. The van der Waals surface area contributed by atoms with E-state index in [0.717, 1.165) is 15.7 Å². The first-order valence-electron chi connectivity index (χ1n) is 7.15. The van der Waals surface area contributed by atoms with Gasteiger partial charge >= 0.3 is 0 Å². The number of nitrogens with zero attached hydrogens (tertiary/aromatic N) is 1. The van der Waals surface area contributed by atoms with E-state index >= 15 is 0 Å². The SMILES string of the molecule is COc1cc(Br)c([C@H]2SCC(=O)N2c2ccc(Cl)cc2)cc1OC. The van der Waals surface area contributed by atoms with Crippen molar-refractivity contribution in [1.82, 2.24) is 0 Å². The molecule has 1 aliphatic heterocycles. The van der Waals surface area contributed by atoms with E-state index in [1.165, 1.54) is 0 Å². The predicted molar refractivity (Wildman–Crippen MR) is 101 cm³/mol. The zero-order valence-corrected chi connectivity index (χ0v) is 16.2. The average Bonchev–Trinajstić information content (AvgIpc) is 2.96. The van der Waals surface area contributed by atoms with Crippen LogP contribution in [-0.2, 0) is 4.79 Å². The molecule has 2 aromatic rings. The van der Waals surface area contributed by atoms with Crippen molar-refractivity contribution < 1.29 is 14.3 Å². The third-order valence-corrected chi connectivity index (χ3v) is 5.87. The van der Waals surface area contributed by atoms with Gasteiger partial charge in [-0.05, 0) is 36.4 Å². The number of benzene rings is 2. The Bertz CT molecular complexity index is 769. The van der Waals surface area contributed by atoms with E-state index in [9.17, 15) is 4.79 Å². The van der Waals surface area contributed by atoms with Crippen molar-refractivity contribution in [3.05, 3.63) is 51.5 Å². The van der Waals surface area contributed by atoms with Gasteiger partial charge in [-0.3, -0.25) is 9.69 Å². The summed E-state index contributed by atoms with van der Waals surface area (Å²) in [6, 6.07) is 11.0. The molecular formula is C17H15BrClNO3S. The molecule has 24 heavy (non-hydrogen) atoms. The van der Waals surface area contributed by atoms with Gasteiger partial charge in [-0.1, -0.05) is 27.5 Å². The number of rotatable bonds is 4. The molecule has 1 atom stereocenters. The highest BCUT2D eigenvalue weighted by molar-refractivity contribution is 9.10. The van der Waals surface area contributed by atoms with E-state index in [1.54, 1.807) is 43.0 Å². The van der Waals surface area contributed by atoms with E-state index in [1.807, 2.05) is 24.3 Å². The van der Waals surface area contributed by atoms with Gasteiger partial charge in [0.15, 0.2) is 11.5 Å². The van der Waals surface area contributed by atoms with Gasteiger partial charge in [0.2, 0.25) is 5.91 Å². The average molecular weight is 429 g/mol. The first-order valence-corrected chi connectivity index (χ1v) is 9.37. The molecule has 1 heterocycles. The molecule has 1 aliphatic rings. The standard InChI is InChI=1S/C17H15BrClNO3S/c1-22-14-7-12(13(18)8-15(14)23-2)17-20(16(21)9-24-17)11-5-3-10(19)4-6-11/h3-8,17H,9H2,1-2H3/t17-/m1/s1. The summed E-state index contributed by atoms with van der Waals surface area (Å²) in [5, 5.41) is 0.495. The van der Waals surface area contributed by atoms with Crippen LogP contribution < -0.4 is 14.4 Å². The van der Waals surface area contributed by atoms with Gasteiger partial charge in [-0.25, -0.2) is 0 Å². The summed E-state index contributed by atoms with van der Waals surface area (Å²) in [4.78, 5) is 14.2. The number of methoxy groups -OCH3 is 2. The zero-order chi connectivity index (χ0) is 17.3. The van der Waals surface area contributed by atoms with E-state index in [0.29, 0.717) is 22.3 Å². The van der Waals surface area contributed by atoms with E-state index in [4.69, 9.17) is 21.1 Å². The lowest BCUT2D eigenvalue weighted by molar-refractivity contribution is -0.115. The van der Waals surface area contributed by atoms with Crippen LogP contribution in [0.2, 0.25) is 5.02 Å². The molecule has 0 aromatic heterocycles. The molecule has 0 saturated carbocycles. The van der Waals surface area contributed by atoms with Gasteiger partial charge in [0.1, 0.15) is 5.37 Å². The fourth-order valence-corrected chi connectivity index (χ4v) is 4.61. The Kier molecular flexibility index (Phi) is 5.27. The van der Waals surface area contributed by atoms with Crippen molar-refractivity contribution >= 4 is 50.9 Å². The number of amides is 1. The number of ether oxygens (including phenoxy) is 2. The van der Waals surface area contributed by atoms with Crippen LogP contribution in [0.4, 0.5) is 5.69 Å². The normalized spacial score (nSPS) is 17.2. The second kappa shape index (κ2) is 7.25. The van der Waals surface area contributed by atoms with Crippen LogP contribution in [0.15, 0.2) is 40.9 Å². The Labute approximate surface area is 158 Å². The third kappa shape index (κ3) is 3.23. The number of carbonyl (C=O) groups is 1. The van der Waals surface area contributed by atoms with Gasteiger partial charge in [-0.2, -0.15) is 0 Å². The molecule has 0 unspecified atom stereocenters. The van der Waals surface area contributed by atoms with Gasteiger partial charge in [0.25, 0.3) is 0 Å². The van der Waals surface area contributed by atoms with Crippen LogP contribution in [0, 0.1) is 0 Å². The maximum absolute atomic E-state index is 12.4. The zero-order valence-electron chi connectivity index (χ0n) is 13.1. The summed E-state index contributed by atoms with van der Waals surface area (Å²) >= 11 is 11.1. The second-order valence-corrected chi connectivity index (χ2v) is 7.49. The van der Waals surface area contributed by atoms with Crippen LogP contribution in [0.25, 0.3) is 0 Å². The molecule has 0 N–H and O–H groups in total. The summed E-state index contributed by atoms with van der Waals surface area (Å²) in [5.41, 5.74) is 1.78. The van der Waals surface area contributed by atoms with E-state index in [2.05, 4.69) is 15.9 Å². The van der Waals surface area contributed by atoms with Crippen molar-refractivity contribution in [3.63, 3.8) is 0 Å². The Hall–Kier alpha value is -1.37. The molecule has 2 aromatic carbocycles. The van der Waals surface area contributed by atoms with Gasteiger partial charge in [0.05, 0.1) is 20.0 Å². The lowest BCUT2D eigenvalue weighted by Gasteiger charge is -2.26. The molecule has 0 radical (unpaired) electrons. The molecule has 1 amide bonds. The Morgan fingerprint density at radius 1 is 1.17 bits per heavy atom. The lowest BCUT2D eigenvalue weighted by atomic mass is 10.1. The smallest absolute Gasteiger partial charge is 0.238 e.